The highest BCUT2D eigenvalue weighted by molar-refractivity contribution is 5.76. The van der Waals surface area contributed by atoms with E-state index in [4.69, 9.17) is 9.47 Å². The molecule has 0 aromatic rings. The van der Waals surface area contributed by atoms with Gasteiger partial charge in [0.2, 0.25) is 5.91 Å². The lowest BCUT2D eigenvalue weighted by atomic mass is 9.99. The van der Waals surface area contributed by atoms with Gasteiger partial charge in [-0.05, 0) is 77.0 Å². The maximum atomic E-state index is 13.1. The van der Waals surface area contributed by atoms with Crippen molar-refractivity contribution < 1.29 is 39.8 Å². The quantitative estimate of drug-likeness (QED) is 0.0261. The Morgan fingerprint density at radius 3 is 1.15 bits per heavy atom. The topological polar surface area (TPSA) is 149 Å². The number of allylic oxidation sites excluding steroid dienone is 9. The van der Waals surface area contributed by atoms with Gasteiger partial charge < -0.3 is 40.3 Å². The Bertz CT molecular complexity index is 1410. The molecule has 1 aliphatic heterocycles. The molecular weight excluding hydrogens is 971 g/mol. The molecular formula is C69H127NO8. The van der Waals surface area contributed by atoms with E-state index >= 15 is 0 Å². The van der Waals surface area contributed by atoms with Crippen LogP contribution in [0, 0.1) is 0 Å². The molecule has 9 heteroatoms. The van der Waals surface area contributed by atoms with Crippen LogP contribution in [0.25, 0.3) is 0 Å². The number of unbranched alkanes of at least 4 members (excludes halogenated alkanes) is 40. The van der Waals surface area contributed by atoms with Crippen molar-refractivity contribution in [3.8, 4) is 0 Å². The van der Waals surface area contributed by atoms with Crippen LogP contribution in [0.5, 0.6) is 0 Å². The lowest BCUT2D eigenvalue weighted by molar-refractivity contribution is -0.302. The zero-order chi connectivity index (χ0) is 56.5. The minimum atomic E-state index is -1.58. The predicted octanol–water partition coefficient (Wildman–Crippen LogP) is 17.8. The number of amides is 1. The molecule has 78 heavy (non-hydrogen) atoms. The van der Waals surface area contributed by atoms with E-state index in [0.717, 1.165) is 57.8 Å². The van der Waals surface area contributed by atoms with Gasteiger partial charge in [-0.3, -0.25) is 4.79 Å². The summed E-state index contributed by atoms with van der Waals surface area (Å²) in [6.45, 7) is 3.76. The van der Waals surface area contributed by atoms with Crippen LogP contribution >= 0.6 is 0 Å². The number of aliphatic hydroxyl groups excluding tert-OH is 5. The number of ether oxygens (including phenoxy) is 2. The maximum Gasteiger partial charge on any atom is 0.220 e. The molecule has 1 aliphatic rings. The van der Waals surface area contributed by atoms with Crippen molar-refractivity contribution in [2.24, 2.45) is 0 Å². The molecule has 1 saturated heterocycles. The van der Waals surface area contributed by atoms with E-state index in [1.807, 2.05) is 6.08 Å². The molecule has 1 heterocycles. The monoisotopic (exact) mass is 1100 g/mol. The Kier molecular flexibility index (Phi) is 55.0. The van der Waals surface area contributed by atoms with Gasteiger partial charge in [0.1, 0.15) is 24.4 Å². The smallest absolute Gasteiger partial charge is 0.220 e. The van der Waals surface area contributed by atoms with Gasteiger partial charge in [-0.25, -0.2) is 0 Å². The van der Waals surface area contributed by atoms with E-state index in [9.17, 15) is 30.3 Å². The van der Waals surface area contributed by atoms with Gasteiger partial charge in [-0.15, -0.1) is 0 Å². The summed E-state index contributed by atoms with van der Waals surface area (Å²) in [6.07, 6.45) is 73.4. The van der Waals surface area contributed by atoms with E-state index in [1.165, 1.54) is 238 Å². The average molecular weight is 1100 g/mol. The standard InChI is InChI=1S/C69H127NO8/c1-3-5-7-9-11-13-15-17-19-21-22-23-24-25-26-27-28-29-30-31-32-33-34-35-36-37-38-39-40-41-42-43-45-47-49-51-53-55-57-59-65(73)70-62(61-77-69-68(76)67(75)66(74)64(60-71)78-69)63(72)58-56-54-52-50-48-46-44-20-18-16-14-12-10-8-6-4-2/h15,17-18,20-22,48,50,56,58,62-64,66-69,71-72,74-76H,3-14,16,19,23-47,49,51-55,57,59-61H2,1-2H3,(H,70,73)/b17-15-,20-18+,22-21-,50-48+,58-56+. The second-order valence-corrected chi connectivity index (χ2v) is 23.2. The number of hydrogen-bond acceptors (Lipinski definition) is 8. The van der Waals surface area contributed by atoms with Gasteiger partial charge in [-0.1, -0.05) is 293 Å². The number of carbonyl (C=O) groups excluding carboxylic acids is 1. The van der Waals surface area contributed by atoms with E-state index in [-0.39, 0.29) is 12.5 Å². The van der Waals surface area contributed by atoms with E-state index in [2.05, 4.69) is 67.8 Å². The lowest BCUT2D eigenvalue weighted by Gasteiger charge is -2.40. The fourth-order valence-electron chi connectivity index (χ4n) is 10.5. The molecule has 0 aromatic carbocycles. The van der Waals surface area contributed by atoms with Crippen molar-refractivity contribution in [1.82, 2.24) is 5.32 Å². The minimum Gasteiger partial charge on any atom is -0.394 e. The number of aliphatic hydroxyl groups is 5. The van der Waals surface area contributed by atoms with E-state index in [1.54, 1.807) is 6.08 Å². The molecule has 456 valence electrons. The summed E-state index contributed by atoms with van der Waals surface area (Å²) in [5.41, 5.74) is 0. The molecule has 9 nitrogen and oxygen atoms in total. The summed E-state index contributed by atoms with van der Waals surface area (Å²) in [6, 6.07) is -0.828. The van der Waals surface area contributed by atoms with Crippen LogP contribution in [0.2, 0.25) is 0 Å². The number of rotatable bonds is 58. The second kappa shape index (κ2) is 58.1. The van der Waals surface area contributed by atoms with E-state index < -0.39 is 49.5 Å². The Morgan fingerprint density at radius 2 is 0.769 bits per heavy atom. The molecule has 7 atom stereocenters. The van der Waals surface area contributed by atoms with Crippen LogP contribution in [0.3, 0.4) is 0 Å². The average Bonchev–Trinajstić information content (AvgIpc) is 3.45. The van der Waals surface area contributed by atoms with Crippen LogP contribution < -0.4 is 5.32 Å². The highest BCUT2D eigenvalue weighted by Gasteiger charge is 2.44. The third-order valence-electron chi connectivity index (χ3n) is 15.8. The van der Waals surface area contributed by atoms with Crippen molar-refractivity contribution in [3.05, 3.63) is 60.8 Å². The first-order chi connectivity index (χ1) is 38.3. The van der Waals surface area contributed by atoms with Crippen LogP contribution in [-0.4, -0.2) is 87.5 Å². The molecule has 0 aromatic heterocycles. The number of hydrogen-bond donors (Lipinski definition) is 6. The zero-order valence-corrected chi connectivity index (χ0v) is 50.9. The van der Waals surface area contributed by atoms with Gasteiger partial charge in [-0.2, -0.15) is 0 Å². The first-order valence-corrected chi connectivity index (χ1v) is 33.5. The maximum absolute atomic E-state index is 13.1. The predicted molar refractivity (Wildman–Crippen MR) is 332 cm³/mol. The molecule has 0 aliphatic carbocycles. The SMILES string of the molecule is CCCCCCC/C=C\C/C=C\CCCCCCCCCCCCCCCCCCCCCCCCCCCCCC(=O)NC(COC1OC(CO)C(O)C(O)C1O)C(O)/C=C/CC/C=C/CC/C=C/CCCCCCCC. The molecule has 7 unspecified atom stereocenters. The highest BCUT2D eigenvalue weighted by Crippen LogP contribution is 2.23. The molecule has 1 rings (SSSR count). The van der Waals surface area contributed by atoms with Crippen LogP contribution in [0.15, 0.2) is 60.8 Å². The first kappa shape index (κ1) is 73.9. The normalized spacial score (nSPS) is 19.0. The van der Waals surface area contributed by atoms with Gasteiger partial charge in [0, 0.05) is 6.42 Å². The summed E-state index contributed by atoms with van der Waals surface area (Å²) in [7, 11) is 0. The van der Waals surface area contributed by atoms with Gasteiger partial charge in [0.25, 0.3) is 0 Å². The van der Waals surface area contributed by atoms with Crippen molar-refractivity contribution >= 4 is 5.91 Å². The van der Waals surface area contributed by atoms with Crippen molar-refractivity contribution in [2.75, 3.05) is 13.2 Å². The summed E-state index contributed by atoms with van der Waals surface area (Å²) < 4.78 is 11.3. The van der Waals surface area contributed by atoms with Gasteiger partial charge in [0.05, 0.1) is 25.4 Å². The molecule has 0 radical (unpaired) electrons. The summed E-state index contributed by atoms with van der Waals surface area (Å²) in [5.74, 6) is -0.187. The number of nitrogens with one attached hydrogen (secondary N) is 1. The van der Waals surface area contributed by atoms with Gasteiger partial charge >= 0.3 is 0 Å². The van der Waals surface area contributed by atoms with Crippen molar-refractivity contribution in [2.45, 2.75) is 358 Å². The molecule has 0 spiro atoms. The Labute approximate surface area is 481 Å². The second-order valence-electron chi connectivity index (χ2n) is 23.2. The Morgan fingerprint density at radius 1 is 0.436 bits per heavy atom. The molecule has 6 N–H and O–H groups in total. The van der Waals surface area contributed by atoms with E-state index in [0.29, 0.717) is 6.42 Å². The fraction of sp³-hybridized carbons (Fsp3) is 0.841. The lowest BCUT2D eigenvalue weighted by Crippen LogP contribution is -2.60. The van der Waals surface area contributed by atoms with Crippen molar-refractivity contribution in [3.63, 3.8) is 0 Å². The third-order valence-corrected chi connectivity index (χ3v) is 15.8. The van der Waals surface area contributed by atoms with Crippen molar-refractivity contribution in [1.29, 1.82) is 0 Å². The largest absolute Gasteiger partial charge is 0.394 e. The zero-order valence-electron chi connectivity index (χ0n) is 50.9. The Balaban J connectivity index is 2.06. The van der Waals surface area contributed by atoms with Gasteiger partial charge in [0.15, 0.2) is 6.29 Å². The summed E-state index contributed by atoms with van der Waals surface area (Å²) in [5, 5.41) is 54.5. The molecule has 0 bridgehead atoms. The molecule has 1 amide bonds. The minimum absolute atomic E-state index is 0.187. The number of carbonyl (C=O) groups is 1. The Hall–Kier alpha value is -2.11. The fourth-order valence-corrected chi connectivity index (χ4v) is 10.5. The molecule has 0 saturated carbocycles. The van der Waals surface area contributed by atoms with Crippen LogP contribution in [0.1, 0.15) is 316 Å². The summed E-state index contributed by atoms with van der Waals surface area (Å²) >= 11 is 0. The van der Waals surface area contributed by atoms with Crippen LogP contribution in [-0.2, 0) is 14.3 Å². The summed E-state index contributed by atoms with van der Waals surface area (Å²) in [4.78, 5) is 13.1. The van der Waals surface area contributed by atoms with Crippen LogP contribution in [0.4, 0.5) is 0 Å². The third kappa shape index (κ3) is 46.5. The first-order valence-electron chi connectivity index (χ1n) is 33.5. The highest BCUT2D eigenvalue weighted by atomic mass is 16.7. The molecule has 1 fully saturated rings.